The molecule has 0 saturated heterocycles. The number of fused-ring (bicyclic) bond motifs is 1. The summed E-state index contributed by atoms with van der Waals surface area (Å²) >= 11 is 0. The second kappa shape index (κ2) is 7.66. The normalized spacial score (nSPS) is 17.2. The van der Waals surface area contributed by atoms with Crippen molar-refractivity contribution in [2.45, 2.75) is 45.4 Å². The molecule has 1 N–H and O–H groups in total. The Kier molecular flexibility index (Phi) is 5.83. The summed E-state index contributed by atoms with van der Waals surface area (Å²) in [5, 5.41) is 2.82. The van der Waals surface area contributed by atoms with Crippen LogP contribution in [0.3, 0.4) is 0 Å². The summed E-state index contributed by atoms with van der Waals surface area (Å²) in [6, 6.07) is 7.28. The highest BCUT2D eigenvalue weighted by molar-refractivity contribution is 5.86. The van der Waals surface area contributed by atoms with Crippen LogP contribution in [0, 0.1) is 0 Å². The largest absolute Gasteiger partial charge is 0.444 e. The molecule has 0 spiro atoms. The first-order valence-corrected chi connectivity index (χ1v) is 8.15. The monoisotopic (exact) mass is 334 g/mol. The summed E-state index contributed by atoms with van der Waals surface area (Å²) in [5.74, 6) is -0.188. The molecule has 1 atom stereocenters. The fourth-order valence-electron chi connectivity index (χ4n) is 2.66. The van der Waals surface area contributed by atoms with Crippen molar-refractivity contribution in [1.82, 2.24) is 10.2 Å². The lowest BCUT2D eigenvalue weighted by molar-refractivity contribution is -0.127. The molecule has 1 aliphatic rings. The van der Waals surface area contributed by atoms with E-state index in [1.54, 1.807) is 7.11 Å². The zero-order chi connectivity index (χ0) is 17.7. The van der Waals surface area contributed by atoms with Crippen LogP contribution in [0.25, 0.3) is 0 Å². The molecule has 1 aliphatic heterocycles. The van der Waals surface area contributed by atoms with E-state index in [2.05, 4.69) is 5.32 Å². The number of amides is 2. The Morgan fingerprint density at radius 3 is 2.54 bits per heavy atom. The van der Waals surface area contributed by atoms with Crippen LogP contribution in [0.2, 0.25) is 0 Å². The molecule has 2 rings (SSSR count). The van der Waals surface area contributed by atoms with Gasteiger partial charge >= 0.3 is 6.09 Å². The van der Waals surface area contributed by atoms with Gasteiger partial charge in [-0.15, -0.1) is 0 Å². The van der Waals surface area contributed by atoms with E-state index in [-0.39, 0.29) is 5.91 Å². The zero-order valence-electron chi connectivity index (χ0n) is 14.8. The molecule has 132 valence electrons. The molecule has 0 aromatic heterocycles. The highest BCUT2D eigenvalue weighted by Gasteiger charge is 2.36. The van der Waals surface area contributed by atoms with Gasteiger partial charge in [-0.05, 0) is 31.9 Å². The number of benzene rings is 1. The molecule has 0 radical (unpaired) electrons. The van der Waals surface area contributed by atoms with Crippen molar-refractivity contribution in [3.63, 3.8) is 0 Å². The molecule has 6 nitrogen and oxygen atoms in total. The Balaban J connectivity index is 2.19. The van der Waals surface area contributed by atoms with Crippen molar-refractivity contribution in [1.29, 1.82) is 0 Å². The van der Waals surface area contributed by atoms with Crippen LogP contribution in [0.1, 0.15) is 31.9 Å². The predicted octanol–water partition coefficient (Wildman–Crippen LogP) is 2.11. The van der Waals surface area contributed by atoms with Gasteiger partial charge in [0.2, 0.25) is 5.91 Å². The van der Waals surface area contributed by atoms with E-state index in [1.807, 2.05) is 45.0 Å². The molecular weight excluding hydrogens is 308 g/mol. The first-order valence-electron chi connectivity index (χ1n) is 8.15. The number of hydrogen-bond acceptors (Lipinski definition) is 4. The molecule has 1 heterocycles. The number of carbonyl (C=O) groups is 2. The third kappa shape index (κ3) is 4.71. The van der Waals surface area contributed by atoms with E-state index in [0.717, 1.165) is 11.1 Å². The maximum absolute atomic E-state index is 12.6. The van der Waals surface area contributed by atoms with Gasteiger partial charge in [0, 0.05) is 20.1 Å². The first-order chi connectivity index (χ1) is 11.3. The van der Waals surface area contributed by atoms with Crippen molar-refractivity contribution < 1.29 is 19.1 Å². The third-order valence-corrected chi connectivity index (χ3v) is 3.78. The van der Waals surface area contributed by atoms with Crippen molar-refractivity contribution in [2.24, 2.45) is 0 Å². The molecule has 6 heteroatoms. The summed E-state index contributed by atoms with van der Waals surface area (Å²) in [6.45, 7) is 6.66. The molecule has 0 bridgehead atoms. The van der Waals surface area contributed by atoms with Crippen molar-refractivity contribution >= 4 is 12.0 Å². The summed E-state index contributed by atoms with van der Waals surface area (Å²) < 4.78 is 10.4. The van der Waals surface area contributed by atoms with Gasteiger partial charge < -0.3 is 14.8 Å². The van der Waals surface area contributed by atoms with Gasteiger partial charge in [-0.2, -0.15) is 0 Å². The van der Waals surface area contributed by atoms with E-state index in [0.29, 0.717) is 26.1 Å². The third-order valence-electron chi connectivity index (χ3n) is 3.78. The van der Waals surface area contributed by atoms with Crippen LogP contribution >= 0.6 is 0 Å². The maximum Gasteiger partial charge on any atom is 0.411 e. The quantitative estimate of drug-likeness (QED) is 0.857. The topological polar surface area (TPSA) is 67.9 Å². The van der Waals surface area contributed by atoms with Gasteiger partial charge in [-0.3, -0.25) is 9.69 Å². The Morgan fingerprint density at radius 1 is 1.25 bits per heavy atom. The predicted molar refractivity (Wildman–Crippen MR) is 90.6 cm³/mol. The molecule has 0 unspecified atom stereocenters. The summed E-state index contributed by atoms with van der Waals surface area (Å²) in [5.41, 5.74) is 1.53. The molecule has 2 amide bonds. The number of rotatable bonds is 4. The average Bonchev–Trinajstić information content (AvgIpc) is 2.52. The van der Waals surface area contributed by atoms with Crippen LogP contribution < -0.4 is 5.32 Å². The van der Waals surface area contributed by atoms with E-state index in [4.69, 9.17) is 9.47 Å². The van der Waals surface area contributed by atoms with Crippen LogP contribution in [0.4, 0.5) is 4.79 Å². The Bertz CT molecular complexity index is 595. The van der Waals surface area contributed by atoms with E-state index in [1.165, 1.54) is 4.90 Å². The Labute approximate surface area is 143 Å². The summed E-state index contributed by atoms with van der Waals surface area (Å²) in [7, 11) is 1.58. The molecular formula is C18H26N2O4. The van der Waals surface area contributed by atoms with Crippen molar-refractivity contribution in [3.8, 4) is 0 Å². The van der Waals surface area contributed by atoms with Gasteiger partial charge in [0.05, 0.1) is 13.2 Å². The maximum atomic E-state index is 12.6. The van der Waals surface area contributed by atoms with E-state index < -0.39 is 17.7 Å². The number of methoxy groups -OCH3 is 1. The fourth-order valence-corrected chi connectivity index (χ4v) is 2.66. The SMILES string of the molecule is COCCNC(=O)[C@@H]1Cc2ccccc2CN1C(=O)OC(C)(C)C. The zero-order valence-corrected chi connectivity index (χ0v) is 14.8. The minimum absolute atomic E-state index is 0.188. The lowest BCUT2D eigenvalue weighted by atomic mass is 9.94. The molecule has 1 aromatic carbocycles. The highest BCUT2D eigenvalue weighted by Crippen LogP contribution is 2.25. The van der Waals surface area contributed by atoms with Crippen molar-refractivity contribution in [2.75, 3.05) is 20.3 Å². The molecule has 1 aromatic rings. The molecule has 0 aliphatic carbocycles. The Morgan fingerprint density at radius 2 is 1.92 bits per heavy atom. The molecule has 0 fully saturated rings. The lowest BCUT2D eigenvalue weighted by Gasteiger charge is -2.36. The van der Waals surface area contributed by atoms with Gasteiger partial charge in [0.25, 0.3) is 0 Å². The van der Waals surface area contributed by atoms with E-state index in [9.17, 15) is 9.59 Å². The minimum atomic E-state index is -0.606. The summed E-state index contributed by atoms with van der Waals surface area (Å²) in [4.78, 5) is 26.6. The van der Waals surface area contributed by atoms with Crippen LogP contribution in [0.5, 0.6) is 0 Å². The summed E-state index contributed by atoms with van der Waals surface area (Å²) in [6.07, 6.45) is 0.0118. The van der Waals surface area contributed by atoms with Crippen LogP contribution in [-0.4, -0.2) is 48.8 Å². The van der Waals surface area contributed by atoms with Gasteiger partial charge in [-0.1, -0.05) is 24.3 Å². The molecule has 24 heavy (non-hydrogen) atoms. The molecule has 0 saturated carbocycles. The van der Waals surface area contributed by atoms with Crippen molar-refractivity contribution in [3.05, 3.63) is 35.4 Å². The Hall–Kier alpha value is -2.08. The van der Waals surface area contributed by atoms with Gasteiger partial charge in [0.15, 0.2) is 0 Å². The fraction of sp³-hybridized carbons (Fsp3) is 0.556. The number of hydrogen-bond donors (Lipinski definition) is 1. The number of nitrogens with one attached hydrogen (secondary N) is 1. The number of nitrogens with zero attached hydrogens (tertiary/aromatic N) is 1. The highest BCUT2D eigenvalue weighted by atomic mass is 16.6. The van der Waals surface area contributed by atoms with Crippen LogP contribution in [0.15, 0.2) is 24.3 Å². The van der Waals surface area contributed by atoms with E-state index >= 15 is 0 Å². The lowest BCUT2D eigenvalue weighted by Crippen LogP contribution is -2.54. The number of carbonyl (C=O) groups excluding carboxylic acids is 2. The second-order valence-corrected chi connectivity index (χ2v) is 6.88. The second-order valence-electron chi connectivity index (χ2n) is 6.88. The smallest absolute Gasteiger partial charge is 0.411 e. The van der Waals surface area contributed by atoms with Crippen LogP contribution in [-0.2, 0) is 27.2 Å². The minimum Gasteiger partial charge on any atom is -0.444 e. The van der Waals surface area contributed by atoms with Gasteiger partial charge in [-0.25, -0.2) is 4.79 Å². The standard InChI is InChI=1S/C18H26N2O4/c1-18(2,3)24-17(22)20-12-14-8-6-5-7-13(14)11-15(20)16(21)19-9-10-23-4/h5-8,15H,9-12H2,1-4H3,(H,19,21)/t15-/m0/s1. The number of ether oxygens (including phenoxy) is 2. The average molecular weight is 334 g/mol. The van der Waals surface area contributed by atoms with Gasteiger partial charge in [0.1, 0.15) is 11.6 Å². The first kappa shape index (κ1) is 18.3.